The minimum absolute atomic E-state index is 0.0165. The van der Waals surface area contributed by atoms with E-state index in [4.69, 9.17) is 46.9 Å². The Morgan fingerprint density at radius 2 is 0.636 bits per heavy atom. The molecule has 25 nitrogen and oxygen atoms in total. The molecule has 0 bridgehead atoms. The number of allylic oxidation sites excluding steroid dienone is 4. The first-order chi connectivity index (χ1) is 57.2. The third kappa shape index (κ3) is 50.8. The fraction of sp³-hybridized carbons (Fsp3) is 0.913. The number of phosphoric acid groups is 1. The summed E-state index contributed by atoms with van der Waals surface area (Å²) >= 11 is 0. The number of rotatable bonds is 77. The molecule has 10 N–H and O–H groups in total. The summed E-state index contributed by atoms with van der Waals surface area (Å²) in [6.45, 7) is 5.58. The van der Waals surface area contributed by atoms with Gasteiger partial charge in [-0.2, -0.15) is 0 Å². The zero-order chi connectivity index (χ0) is 86.1. The average Bonchev–Trinajstić information content (AvgIpc) is 0.754. The first kappa shape index (κ1) is 109. The zero-order valence-corrected chi connectivity index (χ0v) is 74.6. The van der Waals surface area contributed by atoms with Gasteiger partial charge in [-0.15, -0.1) is 0 Å². The van der Waals surface area contributed by atoms with Crippen molar-refractivity contribution in [1.82, 2.24) is 0 Å². The van der Waals surface area contributed by atoms with E-state index >= 15 is 0 Å². The fourth-order valence-electron chi connectivity index (χ4n) is 15.6. The number of esters is 4. The van der Waals surface area contributed by atoms with Gasteiger partial charge in [0.05, 0.1) is 13.2 Å². The van der Waals surface area contributed by atoms with Crippen molar-refractivity contribution in [2.45, 2.75) is 511 Å². The van der Waals surface area contributed by atoms with E-state index in [1.54, 1.807) is 0 Å². The van der Waals surface area contributed by atoms with E-state index in [0.717, 1.165) is 135 Å². The molecule has 0 radical (unpaired) electrons. The van der Waals surface area contributed by atoms with Gasteiger partial charge < -0.3 is 88.7 Å². The van der Waals surface area contributed by atoms with E-state index in [1.165, 1.54) is 180 Å². The van der Waals surface area contributed by atoms with Crippen molar-refractivity contribution < 1.29 is 122 Å². The molecule has 0 aromatic carbocycles. The third-order valence-electron chi connectivity index (χ3n) is 23.2. The van der Waals surface area contributed by atoms with Gasteiger partial charge in [0.15, 0.2) is 24.8 Å². The summed E-state index contributed by atoms with van der Waals surface area (Å²) in [5.41, 5.74) is 0. The summed E-state index contributed by atoms with van der Waals surface area (Å²) in [7, 11) is -5.81. The fourth-order valence-corrected chi connectivity index (χ4v) is 16.6. The summed E-state index contributed by atoms with van der Waals surface area (Å²) < 4.78 is 73.4. The molecule has 26 heteroatoms. The normalized spacial score (nSPS) is 25.0. The maximum Gasteiger partial charge on any atom is 0.472 e. The molecular formula is C92H169O25P. The SMILES string of the molecule is CCCCCC/C=C\CCCCCCCCCC(=O)OC1C(O)C(O)C(OC2OC(CO)C(O)C(O)C2O)C(OP(=O)(O)OCC(COC(=O)CCCCCCCCCCCCCCCCCC)OC(=O)CCCCC/C=C\CCCCCCCC)C1OC1OC(COC(=O)CCCCCCCCCCCCCCCCC)C(O)C(O)C1O. The zero-order valence-electron chi connectivity index (χ0n) is 73.7. The molecule has 0 aromatic heterocycles. The Hall–Kier alpha value is -3.05. The van der Waals surface area contributed by atoms with Crippen molar-refractivity contribution in [1.29, 1.82) is 0 Å². The molecule has 18 unspecified atom stereocenters. The number of phosphoric ester groups is 1. The van der Waals surface area contributed by atoms with Gasteiger partial charge in [0, 0.05) is 25.7 Å². The van der Waals surface area contributed by atoms with E-state index in [9.17, 15) is 74.6 Å². The number of carbonyl (C=O) groups excluding carboxylic acids is 4. The lowest BCUT2D eigenvalue weighted by Crippen LogP contribution is -2.70. The van der Waals surface area contributed by atoms with E-state index in [-0.39, 0.29) is 25.7 Å². The minimum atomic E-state index is -5.81. The molecule has 692 valence electrons. The summed E-state index contributed by atoms with van der Waals surface area (Å²) in [6, 6.07) is 0. The van der Waals surface area contributed by atoms with Gasteiger partial charge in [0.25, 0.3) is 0 Å². The van der Waals surface area contributed by atoms with Crippen LogP contribution in [0.2, 0.25) is 0 Å². The second-order valence-electron chi connectivity index (χ2n) is 33.9. The van der Waals surface area contributed by atoms with Crippen LogP contribution >= 0.6 is 7.82 Å². The Kier molecular flexibility index (Phi) is 65.8. The van der Waals surface area contributed by atoms with Crippen LogP contribution in [0.5, 0.6) is 0 Å². The van der Waals surface area contributed by atoms with Gasteiger partial charge in [0.1, 0.15) is 92.6 Å². The van der Waals surface area contributed by atoms with E-state index in [1.807, 2.05) is 0 Å². The minimum Gasteiger partial charge on any atom is -0.463 e. The molecule has 0 spiro atoms. The number of ether oxygens (including phenoxy) is 8. The maximum atomic E-state index is 14.9. The number of unbranched alkanes of at least 4 members (excludes halogenated alkanes) is 49. The van der Waals surface area contributed by atoms with Gasteiger partial charge in [0.2, 0.25) is 0 Å². The highest BCUT2D eigenvalue weighted by molar-refractivity contribution is 7.47. The van der Waals surface area contributed by atoms with Gasteiger partial charge in [-0.3, -0.25) is 28.2 Å². The average molecular weight is 1710 g/mol. The van der Waals surface area contributed by atoms with E-state index in [0.29, 0.717) is 38.5 Å². The highest BCUT2D eigenvalue weighted by Gasteiger charge is 2.60. The number of aliphatic hydroxyl groups is 9. The summed E-state index contributed by atoms with van der Waals surface area (Å²) in [5, 5.41) is 102. The summed E-state index contributed by atoms with van der Waals surface area (Å²) in [4.78, 5) is 66.5. The van der Waals surface area contributed by atoms with Crippen molar-refractivity contribution in [3.05, 3.63) is 24.3 Å². The van der Waals surface area contributed by atoms with Crippen molar-refractivity contribution in [2.75, 3.05) is 26.4 Å². The highest BCUT2D eigenvalue weighted by Crippen LogP contribution is 2.49. The van der Waals surface area contributed by atoms with Crippen molar-refractivity contribution in [3.63, 3.8) is 0 Å². The lowest BCUT2D eigenvalue weighted by atomic mass is 9.84. The first-order valence-electron chi connectivity index (χ1n) is 47.6. The van der Waals surface area contributed by atoms with Gasteiger partial charge >= 0.3 is 31.7 Å². The van der Waals surface area contributed by atoms with Crippen LogP contribution in [0, 0.1) is 0 Å². The molecule has 1 aliphatic carbocycles. The quantitative estimate of drug-likeness (QED) is 0.00889. The van der Waals surface area contributed by atoms with Crippen LogP contribution < -0.4 is 0 Å². The predicted molar refractivity (Wildman–Crippen MR) is 458 cm³/mol. The number of hydrogen-bond donors (Lipinski definition) is 10. The second-order valence-corrected chi connectivity index (χ2v) is 35.3. The Balaban J connectivity index is 1.91. The Morgan fingerprint density at radius 3 is 1.03 bits per heavy atom. The van der Waals surface area contributed by atoms with Crippen LogP contribution in [0.25, 0.3) is 0 Å². The molecule has 2 aliphatic heterocycles. The molecule has 2 saturated heterocycles. The molecule has 0 amide bonds. The molecule has 3 rings (SSSR count). The van der Waals surface area contributed by atoms with Crippen LogP contribution in [0.15, 0.2) is 24.3 Å². The Labute approximate surface area is 711 Å². The Morgan fingerprint density at radius 1 is 0.331 bits per heavy atom. The number of aliphatic hydroxyl groups excluding tert-OH is 9. The largest absolute Gasteiger partial charge is 0.472 e. The lowest BCUT2D eigenvalue weighted by Gasteiger charge is -2.50. The van der Waals surface area contributed by atoms with Crippen LogP contribution in [0.3, 0.4) is 0 Å². The van der Waals surface area contributed by atoms with E-state index in [2.05, 4.69) is 52.0 Å². The molecule has 3 aliphatic rings. The Bertz CT molecular complexity index is 2550. The lowest BCUT2D eigenvalue weighted by molar-refractivity contribution is -0.360. The van der Waals surface area contributed by atoms with Gasteiger partial charge in [-0.05, 0) is 77.0 Å². The van der Waals surface area contributed by atoms with Crippen LogP contribution in [-0.2, 0) is 70.7 Å². The number of hydrogen-bond acceptors (Lipinski definition) is 24. The topological polar surface area (TPSA) is 380 Å². The molecule has 1 saturated carbocycles. The van der Waals surface area contributed by atoms with Crippen molar-refractivity contribution in [3.8, 4) is 0 Å². The molecule has 3 fully saturated rings. The number of carbonyl (C=O) groups is 4. The summed E-state index contributed by atoms with van der Waals surface area (Å²) in [5.74, 6) is -2.98. The van der Waals surface area contributed by atoms with Crippen molar-refractivity contribution in [2.24, 2.45) is 0 Å². The third-order valence-corrected chi connectivity index (χ3v) is 24.2. The van der Waals surface area contributed by atoms with Crippen LogP contribution in [-0.4, -0.2) is 205 Å². The second kappa shape index (κ2) is 71.1. The van der Waals surface area contributed by atoms with Crippen molar-refractivity contribution >= 4 is 31.7 Å². The molecule has 18 atom stereocenters. The van der Waals surface area contributed by atoms with E-state index < -0.39 is 162 Å². The van der Waals surface area contributed by atoms with Crippen LogP contribution in [0.4, 0.5) is 0 Å². The first-order valence-corrected chi connectivity index (χ1v) is 49.1. The molecule has 118 heavy (non-hydrogen) atoms. The molecular weight excluding hydrogens is 1540 g/mol. The monoisotopic (exact) mass is 1710 g/mol. The van der Waals surface area contributed by atoms with Gasteiger partial charge in [-0.25, -0.2) is 4.57 Å². The maximum absolute atomic E-state index is 14.9. The molecule has 2 heterocycles. The summed E-state index contributed by atoms with van der Waals surface area (Å²) in [6.07, 6.45) is 31.6. The van der Waals surface area contributed by atoms with Crippen LogP contribution in [0.1, 0.15) is 407 Å². The smallest absolute Gasteiger partial charge is 0.463 e. The standard InChI is InChI=1S/C92H169O25P/c1-5-9-13-17-21-25-29-33-36-39-42-44-48-52-56-60-64-75(94)108-69-72(111-77(96)66-62-58-54-50-46-40-32-28-24-20-16-12-8-4)70-110-118(106,107)117-90-88(115-91-85(104)81(100)79(98)73(68-93)112-91)84(103)83(102)87(114-78(97)67-63-59-55-51-47-43-38-35-31-27-23-19-15-11-7-3)89(90)116-92-86(105)82(101)80(99)74(113-92)71-109-76(95)65-61-57-53-49-45-41-37-34-30-26-22-18-14-10-6-2/h27,31,40,46,72-74,79-93,98-105H,5-26,28-30,32-39,41-45,47-71H2,1-4H3,(H,106,107)/b31-27-,46-40-. The van der Waals surface area contributed by atoms with Gasteiger partial charge in [-0.1, -0.05) is 328 Å². The highest BCUT2D eigenvalue weighted by atomic mass is 31.2. The molecule has 0 aromatic rings. The predicted octanol–water partition coefficient (Wildman–Crippen LogP) is 17.7.